The summed E-state index contributed by atoms with van der Waals surface area (Å²) < 4.78 is 5.30. The van der Waals surface area contributed by atoms with E-state index >= 15 is 0 Å². The van der Waals surface area contributed by atoms with Crippen LogP contribution in [0.15, 0.2) is 0 Å². The smallest absolute Gasteiger partial charge is 0.324 e. The van der Waals surface area contributed by atoms with E-state index in [0.717, 1.165) is 19.3 Å². The molecular formula is C10H19NO2S. The number of nitrogens with two attached hydrogens (primary N) is 1. The fraction of sp³-hybridized carbons (Fsp3) is 0.900. The zero-order valence-electron chi connectivity index (χ0n) is 8.61. The lowest BCUT2D eigenvalue weighted by Gasteiger charge is -2.27. The van der Waals surface area contributed by atoms with Gasteiger partial charge in [0.05, 0.1) is 0 Å². The molecule has 82 valence electrons. The van der Waals surface area contributed by atoms with Gasteiger partial charge >= 0.3 is 5.97 Å². The van der Waals surface area contributed by atoms with E-state index in [4.69, 9.17) is 10.5 Å². The van der Waals surface area contributed by atoms with Crippen molar-refractivity contribution >= 4 is 18.6 Å². The van der Waals surface area contributed by atoms with Crippen LogP contribution in [0.1, 0.15) is 32.6 Å². The van der Waals surface area contributed by atoms with Crippen LogP contribution < -0.4 is 5.73 Å². The van der Waals surface area contributed by atoms with Crippen molar-refractivity contribution in [3.8, 4) is 0 Å². The van der Waals surface area contributed by atoms with Crippen molar-refractivity contribution in [3.63, 3.8) is 0 Å². The molecule has 2 N–H and O–H groups in total. The molecule has 0 aromatic rings. The summed E-state index contributed by atoms with van der Waals surface area (Å²) in [7, 11) is 0. The lowest BCUT2D eigenvalue weighted by atomic mass is 9.89. The van der Waals surface area contributed by atoms with Gasteiger partial charge in [-0.3, -0.25) is 4.79 Å². The largest absolute Gasteiger partial charge is 0.461 e. The van der Waals surface area contributed by atoms with Crippen LogP contribution in [-0.2, 0) is 9.53 Å². The zero-order chi connectivity index (χ0) is 10.6. The first kappa shape index (κ1) is 11.9. The lowest BCUT2D eigenvalue weighted by molar-refractivity contribution is -0.152. The Labute approximate surface area is 90.8 Å². The van der Waals surface area contributed by atoms with Crippen LogP contribution in [0, 0.1) is 5.92 Å². The first-order valence-corrected chi connectivity index (χ1v) is 5.83. The Morgan fingerprint density at radius 1 is 1.64 bits per heavy atom. The Hall–Kier alpha value is -0.220. The molecule has 3 atom stereocenters. The standard InChI is InChI=1S/C10H19NO2S/c1-7-3-2-4-8(5-7)13-10(12)9(11)6-14/h7-9,14H,2-6,11H2,1H3/t7?,8?,9-/m0/s1. The highest BCUT2D eigenvalue weighted by Gasteiger charge is 2.24. The van der Waals surface area contributed by atoms with Crippen LogP contribution in [0.5, 0.6) is 0 Å². The number of carbonyl (C=O) groups excluding carboxylic acids is 1. The molecule has 0 spiro atoms. The van der Waals surface area contributed by atoms with E-state index in [2.05, 4.69) is 19.6 Å². The van der Waals surface area contributed by atoms with E-state index in [-0.39, 0.29) is 12.1 Å². The van der Waals surface area contributed by atoms with Crippen LogP contribution in [0.3, 0.4) is 0 Å². The van der Waals surface area contributed by atoms with Gasteiger partial charge in [0.2, 0.25) is 0 Å². The second kappa shape index (κ2) is 5.61. The predicted molar refractivity (Wildman–Crippen MR) is 59.3 cm³/mol. The highest BCUT2D eigenvalue weighted by Crippen LogP contribution is 2.25. The molecule has 0 aromatic heterocycles. The van der Waals surface area contributed by atoms with Crippen molar-refractivity contribution in [1.82, 2.24) is 0 Å². The van der Waals surface area contributed by atoms with Gasteiger partial charge in [0.25, 0.3) is 0 Å². The minimum absolute atomic E-state index is 0.0807. The van der Waals surface area contributed by atoms with Gasteiger partial charge in [0, 0.05) is 5.75 Å². The Morgan fingerprint density at radius 3 is 2.93 bits per heavy atom. The molecule has 1 rings (SSSR count). The molecule has 3 nitrogen and oxygen atoms in total. The Kier molecular flexibility index (Phi) is 4.75. The second-order valence-corrected chi connectivity index (χ2v) is 4.48. The summed E-state index contributed by atoms with van der Waals surface area (Å²) in [6, 6.07) is -0.574. The summed E-state index contributed by atoms with van der Waals surface area (Å²) in [5, 5.41) is 0. The Balaban J connectivity index is 2.32. The highest BCUT2D eigenvalue weighted by molar-refractivity contribution is 7.80. The van der Waals surface area contributed by atoms with E-state index in [0.29, 0.717) is 11.7 Å². The Bertz CT molecular complexity index is 199. The lowest BCUT2D eigenvalue weighted by Crippen LogP contribution is -2.37. The fourth-order valence-corrected chi connectivity index (χ4v) is 1.96. The first-order chi connectivity index (χ1) is 6.63. The molecule has 1 fully saturated rings. The van der Waals surface area contributed by atoms with Crippen LogP contribution in [-0.4, -0.2) is 23.9 Å². The summed E-state index contributed by atoms with van der Waals surface area (Å²) in [4.78, 5) is 11.4. The van der Waals surface area contributed by atoms with E-state index in [9.17, 15) is 4.79 Å². The van der Waals surface area contributed by atoms with Crippen molar-refractivity contribution in [2.45, 2.75) is 44.8 Å². The number of carbonyl (C=O) groups is 1. The highest BCUT2D eigenvalue weighted by atomic mass is 32.1. The summed E-state index contributed by atoms with van der Waals surface area (Å²) in [5.41, 5.74) is 5.52. The molecular weight excluding hydrogens is 198 g/mol. The minimum Gasteiger partial charge on any atom is -0.461 e. The average molecular weight is 217 g/mol. The predicted octanol–water partition coefficient (Wildman–Crippen LogP) is 1.37. The molecule has 14 heavy (non-hydrogen) atoms. The zero-order valence-corrected chi connectivity index (χ0v) is 9.50. The molecule has 0 radical (unpaired) electrons. The number of thiol groups is 1. The SMILES string of the molecule is CC1CCCC(OC(=O)[C@@H](N)CS)C1. The quantitative estimate of drug-likeness (QED) is 0.554. The third-order valence-electron chi connectivity index (χ3n) is 2.67. The molecule has 0 amide bonds. The number of ether oxygens (including phenoxy) is 1. The van der Waals surface area contributed by atoms with Gasteiger partial charge in [-0.05, 0) is 25.2 Å². The van der Waals surface area contributed by atoms with Gasteiger partial charge in [-0.1, -0.05) is 13.3 Å². The maximum absolute atomic E-state index is 11.4. The topological polar surface area (TPSA) is 52.3 Å². The summed E-state index contributed by atoms with van der Waals surface area (Å²) in [6.07, 6.45) is 4.43. The second-order valence-electron chi connectivity index (χ2n) is 4.12. The van der Waals surface area contributed by atoms with Gasteiger partial charge in [-0.2, -0.15) is 12.6 Å². The molecule has 0 aliphatic heterocycles. The molecule has 1 aliphatic rings. The minimum atomic E-state index is -0.574. The third kappa shape index (κ3) is 3.50. The van der Waals surface area contributed by atoms with Gasteiger partial charge in [-0.25, -0.2) is 0 Å². The van der Waals surface area contributed by atoms with Crippen molar-refractivity contribution < 1.29 is 9.53 Å². The number of hydrogen-bond acceptors (Lipinski definition) is 4. The first-order valence-electron chi connectivity index (χ1n) is 5.20. The molecule has 0 aromatic carbocycles. The number of rotatable bonds is 3. The van der Waals surface area contributed by atoms with Gasteiger partial charge in [0.1, 0.15) is 12.1 Å². The summed E-state index contributed by atoms with van der Waals surface area (Å²) in [6.45, 7) is 2.19. The Morgan fingerprint density at radius 2 is 2.36 bits per heavy atom. The summed E-state index contributed by atoms with van der Waals surface area (Å²) >= 11 is 3.96. The molecule has 2 unspecified atom stereocenters. The van der Waals surface area contributed by atoms with Crippen molar-refractivity contribution in [3.05, 3.63) is 0 Å². The van der Waals surface area contributed by atoms with Crippen molar-refractivity contribution in [2.24, 2.45) is 11.7 Å². The van der Waals surface area contributed by atoms with Crippen LogP contribution >= 0.6 is 12.6 Å². The van der Waals surface area contributed by atoms with Gasteiger partial charge in [-0.15, -0.1) is 0 Å². The van der Waals surface area contributed by atoms with Gasteiger partial charge in [0.15, 0.2) is 0 Å². The van der Waals surface area contributed by atoms with Crippen LogP contribution in [0.2, 0.25) is 0 Å². The number of hydrogen-bond donors (Lipinski definition) is 2. The van der Waals surface area contributed by atoms with E-state index < -0.39 is 6.04 Å². The summed E-state index contributed by atoms with van der Waals surface area (Å²) in [5.74, 6) is 0.703. The van der Waals surface area contributed by atoms with Crippen molar-refractivity contribution in [2.75, 3.05) is 5.75 Å². The molecule has 4 heteroatoms. The van der Waals surface area contributed by atoms with E-state index in [1.165, 1.54) is 6.42 Å². The van der Waals surface area contributed by atoms with Crippen molar-refractivity contribution in [1.29, 1.82) is 0 Å². The van der Waals surface area contributed by atoms with Crippen LogP contribution in [0.25, 0.3) is 0 Å². The fourth-order valence-electron chi connectivity index (χ4n) is 1.81. The van der Waals surface area contributed by atoms with E-state index in [1.807, 2.05) is 0 Å². The number of esters is 1. The van der Waals surface area contributed by atoms with E-state index in [1.54, 1.807) is 0 Å². The average Bonchev–Trinajstić information content (AvgIpc) is 2.16. The molecule has 0 heterocycles. The molecule has 1 saturated carbocycles. The third-order valence-corrected chi connectivity index (χ3v) is 3.06. The molecule has 0 bridgehead atoms. The van der Waals surface area contributed by atoms with Crippen LogP contribution in [0.4, 0.5) is 0 Å². The molecule has 0 saturated heterocycles. The maximum Gasteiger partial charge on any atom is 0.324 e. The normalized spacial score (nSPS) is 29.6. The molecule has 1 aliphatic carbocycles. The van der Waals surface area contributed by atoms with Gasteiger partial charge < -0.3 is 10.5 Å². The maximum atomic E-state index is 11.4. The monoisotopic (exact) mass is 217 g/mol.